The number of nitriles is 1. The maximum absolute atomic E-state index is 11.1. The number of rotatable bonds is 2. The first-order valence-corrected chi connectivity index (χ1v) is 6.53. The number of amides is 1. The third kappa shape index (κ3) is 3.54. The first kappa shape index (κ1) is 19.0. The molecule has 0 saturated carbocycles. The quantitative estimate of drug-likeness (QED) is 0.395. The van der Waals surface area contributed by atoms with E-state index >= 15 is 0 Å². The fraction of sp³-hybridized carbons (Fsp3) is 0. The molecule has 0 saturated heterocycles. The van der Waals surface area contributed by atoms with Gasteiger partial charge >= 0.3 is 29.6 Å². The van der Waals surface area contributed by atoms with Crippen molar-refractivity contribution in [3.63, 3.8) is 0 Å². The normalized spacial score (nSPS) is 10.5. The molecule has 6 nitrogen and oxygen atoms in total. The van der Waals surface area contributed by atoms with Gasteiger partial charge in [0.15, 0.2) is 0 Å². The van der Waals surface area contributed by atoms with Crippen LogP contribution in [0, 0.1) is 11.3 Å². The Hall–Kier alpha value is -0.0400. The molecular formula is C8H2Cl3N2NaO4S. The van der Waals surface area contributed by atoms with Crippen LogP contribution in [0.5, 0.6) is 0 Å². The van der Waals surface area contributed by atoms with Gasteiger partial charge in [-0.3, -0.25) is 4.79 Å². The Morgan fingerprint density at radius 2 is 1.68 bits per heavy atom. The van der Waals surface area contributed by atoms with E-state index in [1.54, 1.807) is 0 Å². The van der Waals surface area contributed by atoms with Gasteiger partial charge in [-0.25, -0.2) is 8.42 Å². The van der Waals surface area contributed by atoms with E-state index in [-0.39, 0.29) is 29.6 Å². The Morgan fingerprint density at radius 1 is 1.21 bits per heavy atom. The van der Waals surface area contributed by atoms with Crippen molar-refractivity contribution in [2.24, 2.45) is 5.73 Å². The van der Waals surface area contributed by atoms with Gasteiger partial charge in [0.2, 0.25) is 0 Å². The number of hydrogen-bond acceptors (Lipinski definition) is 5. The summed E-state index contributed by atoms with van der Waals surface area (Å²) >= 11 is 16.8. The van der Waals surface area contributed by atoms with Crippen LogP contribution in [-0.4, -0.2) is 18.9 Å². The zero-order valence-corrected chi connectivity index (χ0v) is 14.3. The van der Waals surface area contributed by atoms with Gasteiger partial charge in [0, 0.05) is 0 Å². The maximum Gasteiger partial charge on any atom is 1.00 e. The molecule has 0 radical (unpaired) electrons. The summed E-state index contributed by atoms with van der Waals surface area (Å²) in [6, 6.07) is 1.37. The Bertz CT molecular complexity index is 699. The second-order valence-corrected chi connectivity index (χ2v) is 5.40. The Labute approximate surface area is 145 Å². The molecule has 1 aromatic rings. The smallest absolute Gasteiger partial charge is 0.744 e. The summed E-state index contributed by atoms with van der Waals surface area (Å²) in [5, 5.41) is 7.23. The Kier molecular flexibility index (Phi) is 6.59. The van der Waals surface area contributed by atoms with Crippen molar-refractivity contribution >= 4 is 50.8 Å². The Balaban J connectivity index is 0.00000324. The third-order valence-electron chi connectivity index (χ3n) is 1.89. The molecule has 0 bridgehead atoms. The van der Waals surface area contributed by atoms with Gasteiger partial charge in [0.1, 0.15) is 16.2 Å². The van der Waals surface area contributed by atoms with Gasteiger partial charge in [0.05, 0.1) is 31.1 Å². The molecule has 0 atom stereocenters. The number of hydrogen-bond donors (Lipinski definition) is 1. The molecule has 0 aromatic heterocycles. The summed E-state index contributed by atoms with van der Waals surface area (Å²) in [4.78, 5) is 9.97. The van der Waals surface area contributed by atoms with Crippen LogP contribution >= 0.6 is 34.8 Å². The van der Waals surface area contributed by atoms with Crippen molar-refractivity contribution in [2.75, 3.05) is 0 Å². The number of primary amides is 1. The average molecular weight is 352 g/mol. The fourth-order valence-corrected chi connectivity index (χ4v) is 2.92. The molecule has 0 aliphatic heterocycles. The van der Waals surface area contributed by atoms with Crippen LogP contribution < -0.4 is 35.3 Å². The van der Waals surface area contributed by atoms with Gasteiger partial charge in [-0.05, 0) is 0 Å². The van der Waals surface area contributed by atoms with Crippen molar-refractivity contribution in [3.8, 4) is 6.07 Å². The van der Waals surface area contributed by atoms with E-state index in [1.165, 1.54) is 6.07 Å². The first-order valence-electron chi connectivity index (χ1n) is 3.99. The largest absolute Gasteiger partial charge is 1.00 e. The average Bonchev–Trinajstić information content (AvgIpc) is 2.23. The molecule has 96 valence electrons. The molecule has 0 heterocycles. The van der Waals surface area contributed by atoms with E-state index in [0.29, 0.717) is 0 Å². The molecule has 0 fully saturated rings. The molecule has 11 heteroatoms. The monoisotopic (exact) mass is 350 g/mol. The number of carbonyl (C=O) groups excluding carboxylic acids is 1. The van der Waals surface area contributed by atoms with Crippen molar-refractivity contribution < 1.29 is 47.3 Å². The molecular weight excluding hydrogens is 350 g/mol. The second-order valence-electron chi connectivity index (χ2n) is 2.95. The SMILES string of the molecule is N#Cc1c(Cl)c(Cl)c(Cl)c(C(N)=O)c1S(=O)(=O)[O-].[Na+]. The topological polar surface area (TPSA) is 124 Å². The molecule has 0 spiro atoms. The number of carbonyl (C=O) groups is 1. The van der Waals surface area contributed by atoms with Gasteiger partial charge in [-0.1, -0.05) is 34.8 Å². The molecule has 2 N–H and O–H groups in total. The van der Waals surface area contributed by atoms with Gasteiger partial charge in [0.25, 0.3) is 5.91 Å². The Morgan fingerprint density at radius 3 is 2.00 bits per heavy atom. The van der Waals surface area contributed by atoms with Crippen molar-refractivity contribution in [2.45, 2.75) is 4.90 Å². The zero-order chi connectivity index (χ0) is 14.2. The summed E-state index contributed by atoms with van der Waals surface area (Å²) < 4.78 is 33.2. The summed E-state index contributed by atoms with van der Waals surface area (Å²) in [6.07, 6.45) is 0. The van der Waals surface area contributed by atoms with Crippen LogP contribution in [0.3, 0.4) is 0 Å². The molecule has 0 aliphatic rings. The van der Waals surface area contributed by atoms with Crippen LogP contribution in [0.2, 0.25) is 15.1 Å². The number of benzene rings is 1. The minimum absolute atomic E-state index is 0. The first-order chi connectivity index (χ1) is 8.12. The van der Waals surface area contributed by atoms with Crippen molar-refractivity contribution in [1.29, 1.82) is 5.26 Å². The number of nitrogens with two attached hydrogens (primary N) is 1. The van der Waals surface area contributed by atoms with E-state index in [9.17, 15) is 17.8 Å². The predicted octanol–water partition coefficient (Wildman–Crippen LogP) is -1.47. The van der Waals surface area contributed by atoms with E-state index in [2.05, 4.69) is 0 Å². The van der Waals surface area contributed by atoms with Gasteiger partial charge < -0.3 is 10.3 Å². The van der Waals surface area contributed by atoms with Crippen LogP contribution in [0.15, 0.2) is 4.90 Å². The minimum atomic E-state index is -5.18. The summed E-state index contributed by atoms with van der Waals surface area (Å²) in [5.74, 6) is -1.32. The van der Waals surface area contributed by atoms with Crippen molar-refractivity contribution in [3.05, 3.63) is 26.2 Å². The molecule has 1 rings (SSSR count). The molecule has 19 heavy (non-hydrogen) atoms. The summed E-state index contributed by atoms with van der Waals surface area (Å²) in [7, 11) is -5.18. The summed E-state index contributed by atoms with van der Waals surface area (Å²) in [5.41, 5.74) is 3.30. The third-order valence-corrected chi connectivity index (χ3v) is 4.12. The molecule has 1 aromatic carbocycles. The van der Waals surface area contributed by atoms with E-state index < -0.39 is 47.1 Å². The second kappa shape index (κ2) is 6.61. The van der Waals surface area contributed by atoms with E-state index in [1.807, 2.05) is 0 Å². The predicted molar refractivity (Wildman–Crippen MR) is 62.7 cm³/mol. The van der Waals surface area contributed by atoms with E-state index in [4.69, 9.17) is 45.8 Å². The van der Waals surface area contributed by atoms with Crippen LogP contribution in [-0.2, 0) is 10.1 Å². The summed E-state index contributed by atoms with van der Waals surface area (Å²) in [6.45, 7) is 0. The number of nitrogens with zero attached hydrogens (tertiary/aromatic N) is 1. The van der Waals surface area contributed by atoms with E-state index in [0.717, 1.165) is 0 Å². The van der Waals surface area contributed by atoms with Crippen LogP contribution in [0.4, 0.5) is 0 Å². The van der Waals surface area contributed by atoms with Crippen LogP contribution in [0.25, 0.3) is 0 Å². The van der Waals surface area contributed by atoms with Crippen LogP contribution in [0.1, 0.15) is 15.9 Å². The molecule has 1 amide bonds. The zero-order valence-electron chi connectivity index (χ0n) is 9.20. The maximum atomic E-state index is 11.1. The molecule has 0 aliphatic carbocycles. The standard InChI is InChI=1S/C8H3Cl3N2O4S.Na/c9-4-2(1-12)7(18(15,16)17)3(8(13)14)5(10)6(4)11;/h(H2,13,14)(H,15,16,17);/q;+1/p-1. The fourth-order valence-electron chi connectivity index (χ4n) is 1.21. The minimum Gasteiger partial charge on any atom is -0.744 e. The van der Waals surface area contributed by atoms with Gasteiger partial charge in [-0.2, -0.15) is 5.26 Å². The number of halogens is 3. The van der Waals surface area contributed by atoms with Gasteiger partial charge in [-0.15, -0.1) is 0 Å². The molecule has 0 unspecified atom stereocenters. The van der Waals surface area contributed by atoms with Crippen molar-refractivity contribution in [1.82, 2.24) is 0 Å².